The number of carbonyl (C=O) groups is 2. The first-order valence-corrected chi connectivity index (χ1v) is 11.1. The molecule has 1 aromatic carbocycles. The summed E-state index contributed by atoms with van der Waals surface area (Å²) in [4.78, 5) is 37.4. The molecule has 4 rings (SSSR count). The van der Waals surface area contributed by atoms with E-state index in [2.05, 4.69) is 25.9 Å². The summed E-state index contributed by atoms with van der Waals surface area (Å²) in [5.41, 5.74) is 2.66. The van der Waals surface area contributed by atoms with Crippen molar-refractivity contribution in [3.05, 3.63) is 41.9 Å². The van der Waals surface area contributed by atoms with Gasteiger partial charge in [0, 0.05) is 44.6 Å². The van der Waals surface area contributed by atoms with Crippen molar-refractivity contribution in [2.75, 3.05) is 62.9 Å². The molecule has 1 atom stereocenters. The number of benzene rings is 1. The lowest BCUT2D eigenvalue weighted by molar-refractivity contribution is -0.136. The van der Waals surface area contributed by atoms with Crippen molar-refractivity contribution in [1.29, 1.82) is 0 Å². The van der Waals surface area contributed by atoms with Crippen molar-refractivity contribution in [2.45, 2.75) is 13.0 Å². The summed E-state index contributed by atoms with van der Waals surface area (Å²) in [7, 11) is 3.48. The Morgan fingerprint density at radius 1 is 1.18 bits per heavy atom. The number of aliphatic hydroxyl groups excluding tert-OH is 1. The number of rotatable bonds is 1. The smallest absolute Gasteiger partial charge is 0.259 e. The van der Waals surface area contributed by atoms with E-state index in [1.54, 1.807) is 30.1 Å². The van der Waals surface area contributed by atoms with Crippen LogP contribution in [0.15, 0.2) is 30.7 Å². The van der Waals surface area contributed by atoms with Gasteiger partial charge in [0.1, 0.15) is 36.4 Å². The maximum atomic E-state index is 12.9. The molecule has 2 amide bonds. The second-order valence-electron chi connectivity index (χ2n) is 8.30. The SMILES string of the molecule is Cc1ccc2cc1OCCN(C)[C@H](CO)C(=O)N(C)CCNc1ncnc3c1/C(=C/N2)C(=O)N3. The first-order chi connectivity index (χ1) is 16.4. The fourth-order valence-electron chi connectivity index (χ4n) is 3.86. The fourth-order valence-corrected chi connectivity index (χ4v) is 3.86. The molecule has 1 aromatic heterocycles. The number of amides is 2. The average molecular weight is 468 g/mol. The van der Waals surface area contributed by atoms with Gasteiger partial charge in [-0.25, -0.2) is 9.97 Å². The molecule has 2 aliphatic heterocycles. The summed E-state index contributed by atoms with van der Waals surface area (Å²) in [6.45, 7) is 3.21. The maximum Gasteiger partial charge on any atom is 0.259 e. The van der Waals surface area contributed by atoms with Crippen molar-refractivity contribution in [3.63, 3.8) is 0 Å². The zero-order valence-corrected chi connectivity index (χ0v) is 19.5. The number of nitrogens with one attached hydrogen (secondary N) is 3. The van der Waals surface area contributed by atoms with Gasteiger partial charge in [0.25, 0.3) is 5.91 Å². The molecule has 11 nitrogen and oxygen atoms in total. The third-order valence-electron chi connectivity index (χ3n) is 5.97. The van der Waals surface area contributed by atoms with Crippen LogP contribution in [0.3, 0.4) is 0 Å². The largest absolute Gasteiger partial charge is 0.492 e. The molecule has 4 N–H and O–H groups in total. The second-order valence-corrected chi connectivity index (χ2v) is 8.30. The normalized spacial score (nSPS) is 21.1. The van der Waals surface area contributed by atoms with E-state index in [-0.39, 0.29) is 18.4 Å². The molecule has 0 saturated carbocycles. The Hall–Kier alpha value is -3.70. The first-order valence-electron chi connectivity index (χ1n) is 11.1. The van der Waals surface area contributed by atoms with Crippen molar-refractivity contribution in [2.24, 2.45) is 0 Å². The highest BCUT2D eigenvalue weighted by atomic mass is 16.5. The molecule has 0 saturated heterocycles. The zero-order chi connectivity index (χ0) is 24.2. The Kier molecular flexibility index (Phi) is 6.94. The second kappa shape index (κ2) is 10.1. The van der Waals surface area contributed by atoms with E-state index in [0.29, 0.717) is 54.8 Å². The van der Waals surface area contributed by atoms with Gasteiger partial charge in [0.2, 0.25) is 5.91 Å². The molecule has 0 spiro atoms. The number of likely N-dealkylation sites (N-methyl/N-ethyl adjacent to an activating group) is 2. The molecule has 0 unspecified atom stereocenters. The molecule has 0 radical (unpaired) electrons. The lowest BCUT2D eigenvalue weighted by atomic mass is 10.1. The number of ether oxygens (including phenoxy) is 1. The van der Waals surface area contributed by atoms with E-state index in [4.69, 9.17) is 4.74 Å². The summed E-state index contributed by atoms with van der Waals surface area (Å²) < 4.78 is 5.97. The van der Waals surface area contributed by atoms with Crippen LogP contribution in [0, 0.1) is 6.92 Å². The van der Waals surface area contributed by atoms with Crippen molar-refractivity contribution >= 4 is 34.7 Å². The number of carbonyl (C=O) groups excluding carboxylic acids is 2. The van der Waals surface area contributed by atoms with Crippen molar-refractivity contribution < 1.29 is 19.4 Å². The molecule has 180 valence electrons. The van der Waals surface area contributed by atoms with E-state index in [1.807, 2.05) is 25.1 Å². The van der Waals surface area contributed by atoms with Crippen LogP contribution in [0.4, 0.5) is 17.3 Å². The summed E-state index contributed by atoms with van der Waals surface area (Å²) in [6, 6.07) is 4.99. The minimum atomic E-state index is -0.679. The van der Waals surface area contributed by atoms with E-state index >= 15 is 0 Å². The Morgan fingerprint density at radius 3 is 2.76 bits per heavy atom. The third kappa shape index (κ3) is 4.80. The van der Waals surface area contributed by atoms with Crippen LogP contribution in [-0.2, 0) is 9.59 Å². The summed E-state index contributed by atoms with van der Waals surface area (Å²) in [5, 5.41) is 19.0. The van der Waals surface area contributed by atoms with Crippen molar-refractivity contribution in [3.8, 4) is 5.75 Å². The molecule has 34 heavy (non-hydrogen) atoms. The van der Waals surface area contributed by atoms with Crippen LogP contribution in [-0.4, -0.2) is 89.7 Å². The predicted octanol–water partition coefficient (Wildman–Crippen LogP) is 0.746. The minimum Gasteiger partial charge on any atom is -0.492 e. The number of aromatic nitrogens is 2. The summed E-state index contributed by atoms with van der Waals surface area (Å²) >= 11 is 0. The lowest BCUT2D eigenvalue weighted by Gasteiger charge is -2.29. The number of anilines is 3. The van der Waals surface area contributed by atoms with Gasteiger partial charge in [0.05, 0.1) is 17.7 Å². The summed E-state index contributed by atoms with van der Waals surface area (Å²) in [6.07, 6.45) is 3.00. The molecule has 0 aliphatic carbocycles. The standard InChI is InChI=1S/C23H29N7O4/c1-14-4-5-15-10-18(14)34-9-8-29(2)17(12-31)23(33)30(3)7-6-24-20-19-16(11-25-15)22(32)28-21(19)27-13-26-20/h4-5,10-11,13,17,25,31H,6-9,12H2,1-3H3,(H2,24,26,27,28,32)/b16-11-/t17-/m1/s1. The van der Waals surface area contributed by atoms with Crippen LogP contribution in [0.25, 0.3) is 5.57 Å². The lowest BCUT2D eigenvalue weighted by Crippen LogP contribution is -2.50. The molecule has 3 heterocycles. The van der Waals surface area contributed by atoms with E-state index in [1.165, 1.54) is 6.33 Å². The minimum absolute atomic E-state index is 0.194. The molecule has 0 fully saturated rings. The highest BCUT2D eigenvalue weighted by Gasteiger charge is 2.30. The molecular formula is C23H29N7O4. The van der Waals surface area contributed by atoms with Gasteiger partial charge >= 0.3 is 0 Å². The van der Waals surface area contributed by atoms with Gasteiger partial charge in [-0.15, -0.1) is 0 Å². The van der Waals surface area contributed by atoms with E-state index in [0.717, 1.165) is 11.3 Å². The van der Waals surface area contributed by atoms with Crippen LogP contribution < -0.4 is 20.7 Å². The Balaban J connectivity index is 1.68. The van der Waals surface area contributed by atoms with Crippen LogP contribution in [0.2, 0.25) is 0 Å². The van der Waals surface area contributed by atoms with Crippen LogP contribution in [0.1, 0.15) is 11.1 Å². The molecule has 2 aromatic rings. The number of hydrogen-bond donors (Lipinski definition) is 4. The van der Waals surface area contributed by atoms with Gasteiger partial charge in [-0.2, -0.15) is 0 Å². The van der Waals surface area contributed by atoms with E-state index in [9.17, 15) is 14.7 Å². The van der Waals surface area contributed by atoms with E-state index < -0.39 is 6.04 Å². The van der Waals surface area contributed by atoms with Gasteiger partial charge < -0.3 is 30.7 Å². The number of fused-ring (bicyclic) bond motifs is 2. The molecule has 11 heteroatoms. The molecule has 2 bridgehead atoms. The third-order valence-corrected chi connectivity index (χ3v) is 5.97. The highest BCUT2D eigenvalue weighted by Crippen LogP contribution is 2.34. The van der Waals surface area contributed by atoms with Gasteiger partial charge in [-0.3, -0.25) is 14.5 Å². The number of hydrogen-bond acceptors (Lipinski definition) is 9. The first kappa shape index (κ1) is 23.5. The van der Waals surface area contributed by atoms with Crippen LogP contribution in [0.5, 0.6) is 5.75 Å². The number of nitrogens with zero attached hydrogens (tertiary/aromatic N) is 4. The van der Waals surface area contributed by atoms with Crippen molar-refractivity contribution in [1.82, 2.24) is 19.8 Å². The Bertz CT molecular complexity index is 1120. The van der Waals surface area contributed by atoms with Gasteiger partial charge in [-0.1, -0.05) is 6.07 Å². The monoisotopic (exact) mass is 467 g/mol. The van der Waals surface area contributed by atoms with Gasteiger partial charge in [-0.05, 0) is 25.6 Å². The van der Waals surface area contributed by atoms with Gasteiger partial charge in [0.15, 0.2) is 0 Å². The highest BCUT2D eigenvalue weighted by molar-refractivity contribution is 6.32. The van der Waals surface area contributed by atoms with Crippen LogP contribution >= 0.6 is 0 Å². The maximum absolute atomic E-state index is 12.9. The average Bonchev–Trinajstić information content (AvgIpc) is 3.14. The Labute approximate surface area is 197 Å². The predicted molar refractivity (Wildman–Crippen MR) is 129 cm³/mol. The molecule has 2 aliphatic rings. The quantitative estimate of drug-likeness (QED) is 0.480. The number of aryl methyl sites for hydroxylation is 1. The number of aliphatic hydroxyl groups is 1. The molecular weight excluding hydrogens is 438 g/mol. The zero-order valence-electron chi connectivity index (χ0n) is 19.5. The Morgan fingerprint density at radius 2 is 1.97 bits per heavy atom. The topological polar surface area (TPSA) is 132 Å². The fraction of sp³-hybridized carbons (Fsp3) is 0.391. The summed E-state index contributed by atoms with van der Waals surface area (Å²) in [5.74, 6) is 1.11.